The molecule has 11 aromatic carbocycles. The monoisotopic (exact) mass is 815 g/mol. The maximum Gasteiger partial charge on any atom is 0.143 e. The number of anilines is 3. The summed E-state index contributed by atoms with van der Waals surface area (Å²) in [5, 5.41) is 8.53. The van der Waals surface area contributed by atoms with Gasteiger partial charge in [-0.25, -0.2) is 0 Å². The Kier molecular flexibility index (Phi) is 9.20. The minimum absolute atomic E-state index is 0.887. The van der Waals surface area contributed by atoms with Gasteiger partial charge in [0.15, 0.2) is 0 Å². The number of benzene rings is 11. The second-order valence-corrected chi connectivity index (χ2v) is 16.5. The highest BCUT2D eigenvalue weighted by molar-refractivity contribution is 6.14. The Hall–Kier alpha value is -8.46. The summed E-state index contributed by atoms with van der Waals surface area (Å²) in [5.74, 6) is 0.887. The number of nitrogens with zero attached hydrogens (tertiary/aromatic N) is 1. The van der Waals surface area contributed by atoms with Gasteiger partial charge in [0.25, 0.3) is 0 Å². The van der Waals surface area contributed by atoms with E-state index in [9.17, 15) is 0 Å². The minimum atomic E-state index is 0.887. The molecule has 300 valence electrons. The number of furan rings is 1. The second kappa shape index (κ2) is 15.8. The molecule has 2 nitrogen and oxygen atoms in total. The number of rotatable bonds is 8. The summed E-state index contributed by atoms with van der Waals surface area (Å²) in [6.45, 7) is 0. The molecule has 0 spiro atoms. The van der Waals surface area contributed by atoms with Gasteiger partial charge in [0, 0.05) is 33.3 Å². The van der Waals surface area contributed by atoms with Crippen LogP contribution < -0.4 is 4.90 Å². The van der Waals surface area contributed by atoms with E-state index in [0.29, 0.717) is 0 Å². The van der Waals surface area contributed by atoms with Crippen LogP contribution in [0, 0.1) is 0 Å². The van der Waals surface area contributed by atoms with Crippen molar-refractivity contribution in [3.63, 3.8) is 0 Å². The van der Waals surface area contributed by atoms with Gasteiger partial charge in [-0.15, -0.1) is 0 Å². The first kappa shape index (κ1) is 37.3. The molecule has 1 aromatic heterocycles. The van der Waals surface area contributed by atoms with Crippen LogP contribution in [0.2, 0.25) is 0 Å². The number of hydrogen-bond acceptors (Lipinski definition) is 2. The summed E-state index contributed by atoms with van der Waals surface area (Å²) in [6.07, 6.45) is 0. The zero-order valence-corrected chi connectivity index (χ0v) is 35.0. The molecule has 2 heteroatoms. The lowest BCUT2D eigenvalue weighted by Crippen LogP contribution is -2.10. The van der Waals surface area contributed by atoms with Crippen LogP contribution in [0.5, 0.6) is 0 Å². The molecule has 0 atom stereocenters. The van der Waals surface area contributed by atoms with Crippen LogP contribution in [0.15, 0.2) is 253 Å². The van der Waals surface area contributed by atoms with Crippen molar-refractivity contribution in [2.45, 2.75) is 0 Å². The van der Waals surface area contributed by atoms with Crippen LogP contribution >= 0.6 is 0 Å². The molecule has 64 heavy (non-hydrogen) atoms. The zero-order valence-electron chi connectivity index (χ0n) is 35.0. The summed E-state index contributed by atoms with van der Waals surface area (Å²) in [6, 6.07) is 89.5. The Morgan fingerprint density at radius 3 is 1.45 bits per heavy atom. The summed E-state index contributed by atoms with van der Waals surface area (Å²) in [4.78, 5) is 2.41. The van der Waals surface area contributed by atoms with Gasteiger partial charge < -0.3 is 9.32 Å². The van der Waals surface area contributed by atoms with E-state index in [0.717, 1.165) is 72.7 Å². The van der Waals surface area contributed by atoms with Crippen molar-refractivity contribution in [2.75, 3.05) is 4.90 Å². The van der Waals surface area contributed by atoms with Crippen LogP contribution in [0.25, 0.3) is 99.1 Å². The fraction of sp³-hybridized carbons (Fsp3) is 0. The SMILES string of the molecule is c1ccc(-c2c(-c3cccc(-c4ccc(-c5ccc(N(c6ccc(-c7ccc8ccccc8c7)cc6)c6cc7ccccc7c7ccccc67)cc5)cc4)c3)oc3ccccc23)cc1. The van der Waals surface area contributed by atoms with E-state index < -0.39 is 0 Å². The molecule has 12 rings (SSSR count). The van der Waals surface area contributed by atoms with Crippen molar-refractivity contribution >= 4 is 60.3 Å². The molecule has 0 bridgehead atoms. The standard InChI is InChI=1S/C62H41NO/c1-2-14-47(15-3-1)61-58-23-10-11-24-60(58)64-62(61)52-19-12-18-49(40-52)45-27-25-43(26-28-45)44-31-35-53(36-32-44)63(59-41-51-17-6-7-20-55(51)56-21-8-9-22-57(56)59)54-37-33-46(34-38-54)50-30-29-42-13-4-5-16-48(42)39-50/h1-41H. The van der Waals surface area contributed by atoms with Crippen molar-refractivity contribution < 1.29 is 4.42 Å². The van der Waals surface area contributed by atoms with Crippen molar-refractivity contribution in [1.29, 1.82) is 0 Å². The second-order valence-electron chi connectivity index (χ2n) is 16.5. The lowest BCUT2D eigenvalue weighted by molar-refractivity contribution is 0.632. The quantitative estimate of drug-likeness (QED) is 0.142. The van der Waals surface area contributed by atoms with Crippen molar-refractivity contribution in [2.24, 2.45) is 0 Å². The molecule has 12 aromatic rings. The molecular formula is C62H41NO. The Morgan fingerprint density at radius 1 is 0.266 bits per heavy atom. The lowest BCUT2D eigenvalue weighted by atomic mass is 9.95. The fourth-order valence-corrected chi connectivity index (χ4v) is 9.46. The Morgan fingerprint density at radius 2 is 0.750 bits per heavy atom. The Balaban J connectivity index is 0.891. The number of hydrogen-bond donors (Lipinski definition) is 0. The smallest absolute Gasteiger partial charge is 0.143 e. The van der Waals surface area contributed by atoms with Gasteiger partial charge in [-0.1, -0.05) is 200 Å². The highest BCUT2D eigenvalue weighted by atomic mass is 16.3. The Labute approximate surface area is 372 Å². The maximum atomic E-state index is 6.56. The third-order valence-electron chi connectivity index (χ3n) is 12.7. The van der Waals surface area contributed by atoms with E-state index >= 15 is 0 Å². The molecule has 0 radical (unpaired) electrons. The molecule has 0 saturated heterocycles. The lowest BCUT2D eigenvalue weighted by Gasteiger charge is -2.28. The average Bonchev–Trinajstić information content (AvgIpc) is 3.77. The first-order valence-electron chi connectivity index (χ1n) is 21.9. The highest BCUT2D eigenvalue weighted by Gasteiger charge is 2.20. The van der Waals surface area contributed by atoms with Crippen molar-refractivity contribution in [3.8, 4) is 55.8 Å². The third-order valence-corrected chi connectivity index (χ3v) is 12.7. The average molecular weight is 816 g/mol. The van der Waals surface area contributed by atoms with E-state index in [1.54, 1.807) is 0 Å². The predicted octanol–water partition coefficient (Wildman–Crippen LogP) is 17.7. The predicted molar refractivity (Wildman–Crippen MR) is 271 cm³/mol. The topological polar surface area (TPSA) is 16.4 Å². The molecule has 0 amide bonds. The first-order valence-corrected chi connectivity index (χ1v) is 21.9. The van der Waals surface area contributed by atoms with Gasteiger partial charge in [0.1, 0.15) is 11.3 Å². The van der Waals surface area contributed by atoms with Gasteiger partial charge in [-0.2, -0.15) is 0 Å². The Bertz CT molecular complexity index is 3640. The van der Waals surface area contributed by atoms with E-state index in [1.165, 1.54) is 43.4 Å². The van der Waals surface area contributed by atoms with Crippen molar-refractivity contribution in [3.05, 3.63) is 249 Å². The highest BCUT2D eigenvalue weighted by Crippen LogP contribution is 2.44. The molecule has 0 fully saturated rings. The molecule has 0 aliphatic heterocycles. The number of fused-ring (bicyclic) bond motifs is 5. The summed E-state index contributed by atoms with van der Waals surface area (Å²) in [5.41, 5.74) is 14.6. The summed E-state index contributed by atoms with van der Waals surface area (Å²) in [7, 11) is 0. The van der Waals surface area contributed by atoms with Crippen molar-refractivity contribution in [1.82, 2.24) is 0 Å². The minimum Gasteiger partial charge on any atom is -0.455 e. The number of para-hydroxylation sites is 1. The van der Waals surface area contributed by atoms with Crippen LogP contribution in [0.1, 0.15) is 0 Å². The van der Waals surface area contributed by atoms with Crippen LogP contribution in [-0.4, -0.2) is 0 Å². The van der Waals surface area contributed by atoms with E-state index in [-0.39, 0.29) is 0 Å². The molecule has 0 aliphatic rings. The molecule has 0 aliphatic carbocycles. The van der Waals surface area contributed by atoms with E-state index in [1.807, 2.05) is 12.1 Å². The maximum absolute atomic E-state index is 6.56. The molecule has 0 N–H and O–H groups in total. The van der Waals surface area contributed by atoms with Gasteiger partial charge in [-0.3, -0.25) is 0 Å². The van der Waals surface area contributed by atoms with Gasteiger partial charge in [-0.05, 0) is 114 Å². The van der Waals surface area contributed by atoms with E-state index in [4.69, 9.17) is 4.42 Å². The fourth-order valence-electron chi connectivity index (χ4n) is 9.46. The molecule has 0 saturated carbocycles. The molecular weight excluding hydrogens is 775 g/mol. The molecule has 0 unspecified atom stereocenters. The van der Waals surface area contributed by atoms with Crippen LogP contribution in [0.3, 0.4) is 0 Å². The molecule has 1 heterocycles. The summed E-state index contributed by atoms with van der Waals surface area (Å²) < 4.78 is 6.56. The van der Waals surface area contributed by atoms with Gasteiger partial charge in [0.2, 0.25) is 0 Å². The van der Waals surface area contributed by atoms with Crippen LogP contribution in [0.4, 0.5) is 17.1 Å². The van der Waals surface area contributed by atoms with Gasteiger partial charge >= 0.3 is 0 Å². The normalized spacial score (nSPS) is 11.4. The van der Waals surface area contributed by atoms with E-state index in [2.05, 4.69) is 241 Å². The summed E-state index contributed by atoms with van der Waals surface area (Å²) >= 11 is 0. The third kappa shape index (κ3) is 6.70. The largest absolute Gasteiger partial charge is 0.455 e. The zero-order chi connectivity index (χ0) is 42.4. The van der Waals surface area contributed by atoms with Crippen LogP contribution in [-0.2, 0) is 0 Å². The van der Waals surface area contributed by atoms with Gasteiger partial charge in [0.05, 0.1) is 5.69 Å². The first-order chi connectivity index (χ1) is 31.7.